The van der Waals surface area contributed by atoms with Crippen molar-refractivity contribution < 1.29 is 9.50 Å². The predicted molar refractivity (Wildman–Crippen MR) is 31.4 cm³/mol. The first-order chi connectivity index (χ1) is 3.81. The van der Waals surface area contributed by atoms with E-state index in [1.54, 1.807) is 0 Å². The fourth-order valence-corrected chi connectivity index (χ4v) is 0.404. The van der Waals surface area contributed by atoms with Crippen LogP contribution in [0, 0.1) is 0 Å². The van der Waals surface area contributed by atoms with Crippen LogP contribution < -0.4 is 0 Å². The molecule has 0 spiro atoms. The quantitative estimate of drug-likeness (QED) is 0.551. The Labute approximate surface area is 48.8 Å². The lowest BCUT2D eigenvalue weighted by Gasteiger charge is -1.96. The van der Waals surface area contributed by atoms with Crippen molar-refractivity contribution >= 4 is 0 Å². The molecular weight excluding hydrogens is 107 g/mol. The summed E-state index contributed by atoms with van der Waals surface area (Å²) in [6, 6.07) is 0. The molecule has 48 valence electrons. The van der Waals surface area contributed by atoms with Crippen molar-refractivity contribution in [3.05, 3.63) is 12.7 Å². The monoisotopic (exact) mass is 118 g/mol. The Kier molecular flexibility index (Phi) is 4.56. The first kappa shape index (κ1) is 7.63. The van der Waals surface area contributed by atoms with Crippen molar-refractivity contribution in [2.75, 3.05) is 6.61 Å². The molecule has 0 saturated heterocycles. The maximum atomic E-state index is 12.1. The lowest BCUT2D eigenvalue weighted by molar-refractivity contribution is 0.263. The molecule has 0 aromatic carbocycles. The molecule has 1 N–H and O–H groups in total. The molecule has 0 rings (SSSR count). The maximum Gasteiger partial charge on any atom is 0.118 e. The summed E-state index contributed by atoms with van der Waals surface area (Å²) < 4.78 is 12.1. The SMILES string of the molecule is C=CC(F)CCCO. The molecule has 0 amide bonds. The minimum atomic E-state index is -0.942. The van der Waals surface area contributed by atoms with Gasteiger partial charge in [-0.25, -0.2) is 4.39 Å². The minimum Gasteiger partial charge on any atom is -0.396 e. The van der Waals surface area contributed by atoms with Crippen LogP contribution in [0.25, 0.3) is 0 Å². The molecule has 8 heavy (non-hydrogen) atoms. The van der Waals surface area contributed by atoms with Gasteiger partial charge in [0.05, 0.1) is 0 Å². The number of aliphatic hydroxyl groups excluding tert-OH is 1. The summed E-state index contributed by atoms with van der Waals surface area (Å²) in [5, 5.41) is 8.21. The molecule has 0 aliphatic heterocycles. The van der Waals surface area contributed by atoms with E-state index in [9.17, 15) is 4.39 Å². The second kappa shape index (κ2) is 4.78. The number of halogens is 1. The number of allylic oxidation sites excluding steroid dienone is 1. The van der Waals surface area contributed by atoms with E-state index in [0.717, 1.165) is 0 Å². The van der Waals surface area contributed by atoms with Gasteiger partial charge in [0.1, 0.15) is 6.17 Å². The molecule has 1 atom stereocenters. The zero-order chi connectivity index (χ0) is 6.41. The Morgan fingerprint density at radius 1 is 1.75 bits per heavy atom. The zero-order valence-corrected chi connectivity index (χ0v) is 4.81. The molecule has 0 fully saturated rings. The van der Waals surface area contributed by atoms with E-state index in [1.807, 2.05) is 0 Å². The summed E-state index contributed by atoms with van der Waals surface area (Å²) in [6.45, 7) is 3.32. The summed E-state index contributed by atoms with van der Waals surface area (Å²) in [4.78, 5) is 0. The van der Waals surface area contributed by atoms with E-state index in [0.29, 0.717) is 12.8 Å². The molecule has 0 aliphatic rings. The van der Waals surface area contributed by atoms with Gasteiger partial charge in [0.15, 0.2) is 0 Å². The van der Waals surface area contributed by atoms with Crippen LogP contribution in [0.2, 0.25) is 0 Å². The van der Waals surface area contributed by atoms with E-state index < -0.39 is 6.17 Å². The highest BCUT2D eigenvalue weighted by molar-refractivity contribution is 4.77. The van der Waals surface area contributed by atoms with E-state index in [-0.39, 0.29) is 6.61 Å². The summed E-state index contributed by atoms with van der Waals surface area (Å²) in [7, 11) is 0. The van der Waals surface area contributed by atoms with Gasteiger partial charge in [0.2, 0.25) is 0 Å². The highest BCUT2D eigenvalue weighted by atomic mass is 19.1. The van der Waals surface area contributed by atoms with E-state index in [1.165, 1.54) is 6.08 Å². The topological polar surface area (TPSA) is 20.2 Å². The number of aliphatic hydroxyl groups is 1. The first-order valence-electron chi connectivity index (χ1n) is 2.68. The van der Waals surface area contributed by atoms with Crippen LogP contribution in [0.1, 0.15) is 12.8 Å². The number of rotatable bonds is 4. The van der Waals surface area contributed by atoms with Gasteiger partial charge in [0.25, 0.3) is 0 Å². The van der Waals surface area contributed by atoms with Crippen LogP contribution in [-0.4, -0.2) is 17.9 Å². The van der Waals surface area contributed by atoms with Crippen LogP contribution in [-0.2, 0) is 0 Å². The van der Waals surface area contributed by atoms with Gasteiger partial charge in [-0.15, -0.1) is 6.58 Å². The standard InChI is InChI=1S/C6H11FO/c1-2-6(7)4-3-5-8/h2,6,8H,1,3-5H2. The van der Waals surface area contributed by atoms with Crippen LogP contribution in [0.3, 0.4) is 0 Å². The van der Waals surface area contributed by atoms with Crippen molar-refractivity contribution in [2.24, 2.45) is 0 Å². The molecule has 0 aromatic heterocycles. The molecule has 0 radical (unpaired) electrons. The van der Waals surface area contributed by atoms with Crippen molar-refractivity contribution in [3.63, 3.8) is 0 Å². The Balaban J connectivity index is 2.98. The Hall–Kier alpha value is -0.370. The van der Waals surface area contributed by atoms with Gasteiger partial charge in [-0.3, -0.25) is 0 Å². The number of hydrogen-bond acceptors (Lipinski definition) is 1. The summed E-state index contributed by atoms with van der Waals surface area (Å²) in [5.41, 5.74) is 0. The Morgan fingerprint density at radius 2 is 2.38 bits per heavy atom. The average molecular weight is 118 g/mol. The molecule has 0 bridgehead atoms. The first-order valence-corrected chi connectivity index (χ1v) is 2.68. The van der Waals surface area contributed by atoms with Crippen molar-refractivity contribution in [2.45, 2.75) is 19.0 Å². The summed E-state index contributed by atoms with van der Waals surface area (Å²) in [5.74, 6) is 0. The molecule has 1 nitrogen and oxygen atoms in total. The largest absolute Gasteiger partial charge is 0.396 e. The summed E-state index contributed by atoms with van der Waals surface area (Å²) >= 11 is 0. The van der Waals surface area contributed by atoms with Crippen molar-refractivity contribution in [3.8, 4) is 0 Å². The molecule has 1 unspecified atom stereocenters. The Bertz CT molecular complexity index is 63.5. The minimum absolute atomic E-state index is 0.0637. The fourth-order valence-electron chi connectivity index (χ4n) is 0.404. The zero-order valence-electron chi connectivity index (χ0n) is 4.81. The predicted octanol–water partition coefficient (Wildman–Crippen LogP) is 1.28. The van der Waals surface area contributed by atoms with Gasteiger partial charge in [-0.05, 0) is 12.8 Å². The highest BCUT2D eigenvalue weighted by Gasteiger charge is 1.96. The van der Waals surface area contributed by atoms with Crippen molar-refractivity contribution in [1.29, 1.82) is 0 Å². The van der Waals surface area contributed by atoms with Gasteiger partial charge in [0, 0.05) is 6.61 Å². The highest BCUT2D eigenvalue weighted by Crippen LogP contribution is 2.00. The smallest absolute Gasteiger partial charge is 0.118 e. The van der Waals surface area contributed by atoms with Crippen LogP contribution >= 0.6 is 0 Å². The van der Waals surface area contributed by atoms with Gasteiger partial charge >= 0.3 is 0 Å². The lowest BCUT2D eigenvalue weighted by Crippen LogP contribution is -1.95. The molecule has 0 heterocycles. The van der Waals surface area contributed by atoms with Gasteiger partial charge in [-0.2, -0.15) is 0 Å². The summed E-state index contributed by atoms with van der Waals surface area (Å²) in [6.07, 6.45) is 1.21. The molecular formula is C6H11FO. The molecule has 2 heteroatoms. The van der Waals surface area contributed by atoms with E-state index in [2.05, 4.69) is 6.58 Å². The average Bonchev–Trinajstić information content (AvgIpc) is 1.83. The molecule has 0 saturated carbocycles. The van der Waals surface area contributed by atoms with E-state index >= 15 is 0 Å². The van der Waals surface area contributed by atoms with E-state index in [4.69, 9.17) is 5.11 Å². The van der Waals surface area contributed by atoms with Crippen LogP contribution in [0.15, 0.2) is 12.7 Å². The third-order valence-electron chi connectivity index (χ3n) is 0.894. The van der Waals surface area contributed by atoms with Gasteiger partial charge in [-0.1, -0.05) is 6.08 Å². The number of alkyl halides is 1. The molecule has 0 aliphatic carbocycles. The lowest BCUT2D eigenvalue weighted by atomic mass is 10.2. The maximum absolute atomic E-state index is 12.1. The Morgan fingerprint density at radius 3 is 2.75 bits per heavy atom. The normalized spacial score (nSPS) is 13.2. The molecule has 0 aromatic rings. The van der Waals surface area contributed by atoms with Crippen molar-refractivity contribution in [1.82, 2.24) is 0 Å². The number of hydrogen-bond donors (Lipinski definition) is 1. The second-order valence-electron chi connectivity index (χ2n) is 1.62. The second-order valence-corrected chi connectivity index (χ2v) is 1.62. The fraction of sp³-hybridized carbons (Fsp3) is 0.667. The van der Waals surface area contributed by atoms with Gasteiger partial charge < -0.3 is 5.11 Å². The third kappa shape index (κ3) is 3.81. The van der Waals surface area contributed by atoms with Crippen LogP contribution in [0.4, 0.5) is 4.39 Å². The third-order valence-corrected chi connectivity index (χ3v) is 0.894. The van der Waals surface area contributed by atoms with Crippen LogP contribution in [0.5, 0.6) is 0 Å².